The van der Waals surface area contributed by atoms with Crippen LogP contribution in [0.4, 0.5) is 0 Å². The summed E-state index contributed by atoms with van der Waals surface area (Å²) >= 11 is 0. The van der Waals surface area contributed by atoms with Crippen molar-refractivity contribution in [1.82, 2.24) is 0 Å². The van der Waals surface area contributed by atoms with E-state index in [1.165, 1.54) is 51.3 Å². The summed E-state index contributed by atoms with van der Waals surface area (Å²) in [6, 6.07) is 0. The first-order valence-electron chi connectivity index (χ1n) is 7.77. The molecular formula is C18H20O8. The molecule has 0 aromatic carbocycles. The maximum atomic E-state index is 12.0. The predicted octanol–water partition coefficient (Wildman–Crippen LogP) is 2.03. The third-order valence-corrected chi connectivity index (χ3v) is 3.17. The molecule has 0 N–H and O–H groups in total. The fourth-order valence-electron chi connectivity index (χ4n) is 2.11. The van der Waals surface area contributed by atoms with Gasteiger partial charge in [0.2, 0.25) is 0 Å². The van der Waals surface area contributed by atoms with E-state index in [2.05, 4.69) is 0 Å². The summed E-state index contributed by atoms with van der Waals surface area (Å²) in [5.41, 5.74) is -0.129. The van der Waals surface area contributed by atoms with Crippen LogP contribution < -0.4 is 0 Å². The number of rotatable bonds is 4. The van der Waals surface area contributed by atoms with Crippen LogP contribution in [0.2, 0.25) is 0 Å². The molecule has 8 nitrogen and oxygen atoms in total. The van der Waals surface area contributed by atoms with Crippen LogP contribution in [0.1, 0.15) is 27.7 Å². The highest BCUT2D eigenvalue weighted by atomic mass is 16.8. The minimum Gasteiger partial charge on any atom is -0.468 e. The van der Waals surface area contributed by atoms with E-state index in [0.717, 1.165) is 0 Å². The first-order valence-corrected chi connectivity index (χ1v) is 7.77. The Kier molecular flexibility index (Phi) is 5.25. The van der Waals surface area contributed by atoms with Gasteiger partial charge in [-0.3, -0.25) is 0 Å². The standard InChI is InChI=1S/C18H20O8/c1-17(2)23-13(19)11(14(20)24-17)9-7-6-8-10-12-15(21)25-18(3,4)26-16(12)22-5/h6-10H,1-5H3/b7-6+,10-8+. The molecule has 0 aliphatic carbocycles. The Morgan fingerprint density at radius 3 is 1.88 bits per heavy atom. The molecule has 8 heteroatoms. The summed E-state index contributed by atoms with van der Waals surface area (Å²) in [6.07, 6.45) is 7.11. The van der Waals surface area contributed by atoms with Crippen LogP contribution in [0.5, 0.6) is 0 Å². The fraction of sp³-hybridized carbons (Fsp3) is 0.389. The molecule has 2 aliphatic heterocycles. The van der Waals surface area contributed by atoms with E-state index in [0.29, 0.717) is 0 Å². The second-order valence-corrected chi connectivity index (χ2v) is 6.30. The molecule has 0 atom stereocenters. The van der Waals surface area contributed by atoms with Gasteiger partial charge >= 0.3 is 17.9 Å². The lowest BCUT2D eigenvalue weighted by Crippen LogP contribution is -2.41. The second kappa shape index (κ2) is 7.07. The zero-order valence-electron chi connectivity index (χ0n) is 15.2. The molecular weight excluding hydrogens is 344 g/mol. The van der Waals surface area contributed by atoms with Gasteiger partial charge in [0.05, 0.1) is 7.11 Å². The largest absolute Gasteiger partial charge is 0.468 e. The Labute approximate surface area is 150 Å². The van der Waals surface area contributed by atoms with Gasteiger partial charge in [0.1, 0.15) is 11.1 Å². The van der Waals surface area contributed by atoms with E-state index in [4.69, 9.17) is 23.7 Å². The van der Waals surface area contributed by atoms with Gasteiger partial charge in [0, 0.05) is 27.7 Å². The van der Waals surface area contributed by atoms with Crippen LogP contribution in [0, 0.1) is 0 Å². The molecule has 0 aromatic heterocycles. The molecule has 1 fully saturated rings. The summed E-state index contributed by atoms with van der Waals surface area (Å²) in [5.74, 6) is -4.49. The van der Waals surface area contributed by atoms with Crippen LogP contribution in [0.3, 0.4) is 0 Å². The van der Waals surface area contributed by atoms with Gasteiger partial charge in [0.25, 0.3) is 17.5 Å². The molecule has 0 radical (unpaired) electrons. The Morgan fingerprint density at radius 2 is 1.31 bits per heavy atom. The molecule has 1 saturated heterocycles. The Hall–Kier alpha value is -3.03. The Bertz CT molecular complexity index is 727. The smallest absolute Gasteiger partial charge is 0.348 e. The summed E-state index contributed by atoms with van der Waals surface area (Å²) < 4.78 is 25.5. The minimum atomic E-state index is -1.28. The van der Waals surface area contributed by atoms with Crippen molar-refractivity contribution < 1.29 is 38.1 Å². The van der Waals surface area contributed by atoms with Crippen molar-refractivity contribution >= 4 is 17.9 Å². The van der Waals surface area contributed by atoms with E-state index in [9.17, 15) is 14.4 Å². The van der Waals surface area contributed by atoms with Gasteiger partial charge in [-0.05, 0) is 12.2 Å². The molecule has 2 heterocycles. The van der Waals surface area contributed by atoms with E-state index in [1.54, 1.807) is 13.8 Å². The summed E-state index contributed by atoms with van der Waals surface area (Å²) in [7, 11) is 1.37. The highest BCUT2D eigenvalue weighted by molar-refractivity contribution is 6.15. The number of cyclic esters (lactones) is 3. The van der Waals surface area contributed by atoms with Crippen molar-refractivity contribution in [2.45, 2.75) is 39.3 Å². The summed E-state index contributed by atoms with van der Waals surface area (Å²) in [6.45, 7) is 6.10. The fourth-order valence-corrected chi connectivity index (χ4v) is 2.11. The normalized spacial score (nSPS) is 22.0. The number of hydrogen-bond acceptors (Lipinski definition) is 8. The van der Waals surface area contributed by atoms with E-state index < -0.39 is 29.5 Å². The average molecular weight is 364 g/mol. The molecule has 0 saturated carbocycles. The number of carbonyl (C=O) groups excluding carboxylic acids is 3. The molecule has 0 aromatic rings. The Balaban J connectivity index is 2.10. The zero-order valence-corrected chi connectivity index (χ0v) is 15.2. The van der Waals surface area contributed by atoms with Crippen molar-refractivity contribution in [1.29, 1.82) is 0 Å². The van der Waals surface area contributed by atoms with Crippen LogP contribution in [0.25, 0.3) is 0 Å². The molecule has 0 amide bonds. The lowest BCUT2D eigenvalue weighted by atomic mass is 10.2. The van der Waals surface area contributed by atoms with Crippen LogP contribution in [-0.4, -0.2) is 36.6 Å². The molecule has 2 aliphatic rings. The van der Waals surface area contributed by atoms with E-state index in [1.807, 2.05) is 0 Å². The highest BCUT2D eigenvalue weighted by Gasteiger charge is 2.38. The number of esters is 3. The van der Waals surface area contributed by atoms with Crippen molar-refractivity contribution in [2.75, 3.05) is 7.11 Å². The lowest BCUT2D eigenvalue weighted by Gasteiger charge is -2.31. The van der Waals surface area contributed by atoms with Gasteiger partial charge < -0.3 is 23.7 Å². The minimum absolute atomic E-state index is 0.0379. The van der Waals surface area contributed by atoms with Crippen LogP contribution >= 0.6 is 0 Å². The second-order valence-electron chi connectivity index (χ2n) is 6.30. The van der Waals surface area contributed by atoms with Gasteiger partial charge in [-0.15, -0.1) is 0 Å². The zero-order chi connectivity index (χ0) is 19.5. The maximum absolute atomic E-state index is 12.0. The van der Waals surface area contributed by atoms with Gasteiger partial charge in [-0.1, -0.05) is 18.2 Å². The number of carbonyl (C=O) groups is 3. The number of methoxy groups -OCH3 is 1. The molecule has 0 bridgehead atoms. The van der Waals surface area contributed by atoms with Gasteiger partial charge in [-0.25, -0.2) is 14.4 Å². The third-order valence-electron chi connectivity index (χ3n) is 3.17. The van der Waals surface area contributed by atoms with E-state index in [-0.39, 0.29) is 17.1 Å². The highest BCUT2D eigenvalue weighted by Crippen LogP contribution is 2.27. The number of allylic oxidation sites excluding steroid dienone is 4. The Morgan fingerprint density at radius 1 is 0.769 bits per heavy atom. The van der Waals surface area contributed by atoms with Crippen molar-refractivity contribution in [3.05, 3.63) is 47.5 Å². The molecule has 140 valence electrons. The summed E-state index contributed by atoms with van der Waals surface area (Å²) in [4.78, 5) is 35.5. The van der Waals surface area contributed by atoms with Crippen molar-refractivity contribution in [3.63, 3.8) is 0 Å². The molecule has 26 heavy (non-hydrogen) atoms. The number of hydrogen-bond donors (Lipinski definition) is 0. The number of ether oxygens (including phenoxy) is 5. The topological polar surface area (TPSA) is 97.4 Å². The van der Waals surface area contributed by atoms with Crippen molar-refractivity contribution in [2.24, 2.45) is 0 Å². The van der Waals surface area contributed by atoms with Gasteiger partial charge in [0.15, 0.2) is 0 Å². The first-order chi connectivity index (χ1) is 12.0. The SMILES string of the molecule is COC1=C(/C=C/C=C/C=C2C(=O)OC(C)(C)OC2=O)C(=O)OC(C)(C)O1. The average Bonchev–Trinajstić information content (AvgIpc) is 2.48. The van der Waals surface area contributed by atoms with Crippen LogP contribution in [0.15, 0.2) is 47.5 Å². The molecule has 2 rings (SSSR count). The summed E-state index contributed by atoms with van der Waals surface area (Å²) in [5, 5.41) is 0. The van der Waals surface area contributed by atoms with E-state index >= 15 is 0 Å². The van der Waals surface area contributed by atoms with Crippen LogP contribution in [-0.2, 0) is 38.1 Å². The quantitative estimate of drug-likeness (QED) is 0.323. The predicted molar refractivity (Wildman–Crippen MR) is 87.9 cm³/mol. The first kappa shape index (κ1) is 19.3. The van der Waals surface area contributed by atoms with Gasteiger partial charge in [-0.2, -0.15) is 0 Å². The molecule has 0 unspecified atom stereocenters. The third kappa shape index (κ3) is 4.53. The maximum Gasteiger partial charge on any atom is 0.348 e. The monoisotopic (exact) mass is 364 g/mol. The van der Waals surface area contributed by atoms with Crippen molar-refractivity contribution in [3.8, 4) is 0 Å². The lowest BCUT2D eigenvalue weighted by molar-refractivity contribution is -0.224. The molecule has 0 spiro atoms.